The molecule has 0 heterocycles. The van der Waals surface area contributed by atoms with Crippen molar-refractivity contribution in [2.45, 2.75) is 25.4 Å². The van der Waals surface area contributed by atoms with Gasteiger partial charge in [0.1, 0.15) is 11.6 Å². The van der Waals surface area contributed by atoms with Gasteiger partial charge in [0.05, 0.1) is 0 Å². The summed E-state index contributed by atoms with van der Waals surface area (Å²) in [6.07, 6.45) is 5.01. The van der Waals surface area contributed by atoms with Crippen LogP contribution in [0.25, 0.3) is 6.08 Å². The molecule has 1 saturated carbocycles. The molecular weight excluding hydrogens is 296 g/mol. The Morgan fingerprint density at radius 2 is 1.78 bits per heavy atom. The van der Waals surface area contributed by atoms with Gasteiger partial charge in [-0.15, -0.1) is 0 Å². The molecule has 2 nitrogen and oxygen atoms in total. The number of benzene rings is 2. The standard InChI is InChI=1S/C19H17F2NO/c20-16-8-5-14(6-9-16)7-12-19(23)22(17-10-11-17)13-15-3-1-2-4-18(15)21/h1-9,12,17H,10-11,13H2/b12-7+. The lowest BCUT2D eigenvalue weighted by atomic mass is 10.2. The van der Waals surface area contributed by atoms with Crippen LogP contribution in [0.4, 0.5) is 8.78 Å². The topological polar surface area (TPSA) is 20.3 Å². The predicted octanol–water partition coefficient (Wildman–Crippen LogP) is 4.17. The summed E-state index contributed by atoms with van der Waals surface area (Å²) >= 11 is 0. The van der Waals surface area contributed by atoms with Gasteiger partial charge in [-0.05, 0) is 42.7 Å². The molecule has 0 aromatic heterocycles. The van der Waals surface area contributed by atoms with Gasteiger partial charge >= 0.3 is 0 Å². The molecule has 2 aromatic carbocycles. The first kappa shape index (κ1) is 15.4. The average Bonchev–Trinajstić information content (AvgIpc) is 3.38. The molecular formula is C19H17F2NO. The summed E-state index contributed by atoms with van der Waals surface area (Å²) in [5.41, 5.74) is 1.27. The van der Waals surface area contributed by atoms with E-state index >= 15 is 0 Å². The van der Waals surface area contributed by atoms with Gasteiger partial charge in [0.25, 0.3) is 0 Å². The maximum absolute atomic E-state index is 13.8. The monoisotopic (exact) mass is 313 g/mol. The van der Waals surface area contributed by atoms with Gasteiger partial charge in [0.2, 0.25) is 5.91 Å². The van der Waals surface area contributed by atoms with E-state index in [1.165, 1.54) is 24.3 Å². The van der Waals surface area contributed by atoms with Crippen LogP contribution >= 0.6 is 0 Å². The Hall–Kier alpha value is -2.49. The summed E-state index contributed by atoms with van der Waals surface area (Å²) in [6, 6.07) is 12.6. The Balaban J connectivity index is 1.72. The van der Waals surface area contributed by atoms with Gasteiger partial charge in [-0.1, -0.05) is 30.3 Å². The first-order chi connectivity index (χ1) is 11.1. The van der Waals surface area contributed by atoms with Crippen molar-refractivity contribution in [1.82, 2.24) is 4.90 Å². The molecule has 0 radical (unpaired) electrons. The second-order valence-corrected chi connectivity index (χ2v) is 5.67. The fraction of sp³-hybridized carbons (Fsp3) is 0.211. The van der Waals surface area contributed by atoms with Crippen LogP contribution in [0.1, 0.15) is 24.0 Å². The van der Waals surface area contributed by atoms with Crippen LogP contribution in [0, 0.1) is 11.6 Å². The molecule has 1 aliphatic rings. The van der Waals surface area contributed by atoms with Crippen molar-refractivity contribution in [3.8, 4) is 0 Å². The first-order valence-corrected chi connectivity index (χ1v) is 7.61. The Morgan fingerprint density at radius 1 is 1.09 bits per heavy atom. The third-order valence-corrected chi connectivity index (χ3v) is 3.86. The number of carbonyl (C=O) groups is 1. The molecule has 1 fully saturated rings. The molecule has 0 atom stereocenters. The highest BCUT2D eigenvalue weighted by Crippen LogP contribution is 2.29. The Morgan fingerprint density at radius 3 is 2.43 bits per heavy atom. The molecule has 23 heavy (non-hydrogen) atoms. The molecule has 0 bridgehead atoms. The van der Waals surface area contributed by atoms with Crippen LogP contribution in [0.15, 0.2) is 54.6 Å². The van der Waals surface area contributed by atoms with Crippen LogP contribution in [0.5, 0.6) is 0 Å². The molecule has 118 valence electrons. The van der Waals surface area contributed by atoms with Gasteiger partial charge in [-0.3, -0.25) is 4.79 Å². The lowest BCUT2D eigenvalue weighted by Crippen LogP contribution is -2.31. The summed E-state index contributed by atoms with van der Waals surface area (Å²) in [7, 11) is 0. The number of amides is 1. The molecule has 1 amide bonds. The van der Waals surface area contributed by atoms with E-state index in [2.05, 4.69) is 0 Å². The van der Waals surface area contributed by atoms with E-state index in [0.29, 0.717) is 5.56 Å². The highest BCUT2D eigenvalue weighted by Gasteiger charge is 2.31. The van der Waals surface area contributed by atoms with E-state index in [0.717, 1.165) is 18.4 Å². The van der Waals surface area contributed by atoms with Crippen LogP contribution in [-0.4, -0.2) is 16.8 Å². The van der Waals surface area contributed by atoms with E-state index in [9.17, 15) is 13.6 Å². The van der Waals surface area contributed by atoms with Crippen molar-refractivity contribution in [3.05, 3.63) is 77.4 Å². The second kappa shape index (κ2) is 6.73. The van der Waals surface area contributed by atoms with E-state index in [1.807, 2.05) is 0 Å². The zero-order valence-electron chi connectivity index (χ0n) is 12.6. The smallest absolute Gasteiger partial charge is 0.247 e. The highest BCUT2D eigenvalue weighted by atomic mass is 19.1. The van der Waals surface area contributed by atoms with Gasteiger partial charge in [-0.25, -0.2) is 8.78 Å². The molecule has 0 N–H and O–H groups in total. The van der Waals surface area contributed by atoms with Crippen molar-refractivity contribution < 1.29 is 13.6 Å². The second-order valence-electron chi connectivity index (χ2n) is 5.67. The molecule has 1 aliphatic carbocycles. The number of halogens is 2. The number of nitrogens with zero attached hydrogens (tertiary/aromatic N) is 1. The maximum Gasteiger partial charge on any atom is 0.247 e. The zero-order chi connectivity index (χ0) is 16.2. The van der Waals surface area contributed by atoms with Crippen LogP contribution in [-0.2, 0) is 11.3 Å². The third-order valence-electron chi connectivity index (χ3n) is 3.86. The van der Waals surface area contributed by atoms with E-state index < -0.39 is 0 Å². The van der Waals surface area contributed by atoms with E-state index in [-0.39, 0.29) is 30.1 Å². The summed E-state index contributed by atoms with van der Waals surface area (Å²) in [4.78, 5) is 14.1. The number of hydrogen-bond acceptors (Lipinski definition) is 1. The average molecular weight is 313 g/mol. The van der Waals surface area contributed by atoms with Crippen molar-refractivity contribution in [3.63, 3.8) is 0 Å². The fourth-order valence-corrected chi connectivity index (χ4v) is 2.42. The minimum absolute atomic E-state index is 0.153. The van der Waals surface area contributed by atoms with Gasteiger partial charge in [-0.2, -0.15) is 0 Å². The quantitative estimate of drug-likeness (QED) is 0.759. The van der Waals surface area contributed by atoms with Gasteiger partial charge in [0.15, 0.2) is 0 Å². The van der Waals surface area contributed by atoms with Crippen molar-refractivity contribution in [2.75, 3.05) is 0 Å². The van der Waals surface area contributed by atoms with Crippen LogP contribution < -0.4 is 0 Å². The largest absolute Gasteiger partial charge is 0.332 e. The summed E-state index contributed by atoms with van der Waals surface area (Å²) in [6.45, 7) is 0.268. The van der Waals surface area contributed by atoms with E-state index in [1.54, 1.807) is 41.3 Å². The summed E-state index contributed by atoms with van der Waals surface area (Å²) < 4.78 is 26.7. The Kier molecular flexibility index (Phi) is 4.51. The minimum atomic E-state index is -0.312. The number of hydrogen-bond donors (Lipinski definition) is 0. The Labute approximate surface area is 134 Å². The third kappa shape index (κ3) is 4.03. The lowest BCUT2D eigenvalue weighted by molar-refractivity contribution is -0.127. The highest BCUT2D eigenvalue weighted by molar-refractivity contribution is 5.92. The molecule has 0 saturated heterocycles. The maximum atomic E-state index is 13.8. The summed E-state index contributed by atoms with van der Waals surface area (Å²) in [5.74, 6) is -0.763. The van der Waals surface area contributed by atoms with Crippen LogP contribution in [0.3, 0.4) is 0 Å². The Bertz CT molecular complexity index is 720. The van der Waals surface area contributed by atoms with Crippen LogP contribution in [0.2, 0.25) is 0 Å². The van der Waals surface area contributed by atoms with Crippen molar-refractivity contribution in [1.29, 1.82) is 0 Å². The molecule has 0 aliphatic heterocycles. The molecule has 3 rings (SSSR count). The molecule has 0 unspecified atom stereocenters. The SMILES string of the molecule is O=C(/C=C/c1ccc(F)cc1)N(Cc1ccccc1F)C1CC1. The summed E-state index contributed by atoms with van der Waals surface area (Å²) in [5, 5.41) is 0. The molecule has 2 aromatic rings. The predicted molar refractivity (Wildman–Crippen MR) is 85.4 cm³/mol. The van der Waals surface area contributed by atoms with Crippen molar-refractivity contribution >= 4 is 12.0 Å². The first-order valence-electron chi connectivity index (χ1n) is 7.61. The lowest BCUT2D eigenvalue weighted by Gasteiger charge is -2.21. The number of carbonyl (C=O) groups excluding carboxylic acids is 1. The van der Waals surface area contributed by atoms with Gasteiger partial charge < -0.3 is 4.90 Å². The normalized spacial score (nSPS) is 14.2. The molecule has 0 spiro atoms. The zero-order valence-corrected chi connectivity index (χ0v) is 12.6. The van der Waals surface area contributed by atoms with Gasteiger partial charge in [0, 0.05) is 24.2 Å². The van der Waals surface area contributed by atoms with Crippen molar-refractivity contribution in [2.24, 2.45) is 0 Å². The van der Waals surface area contributed by atoms with E-state index in [4.69, 9.17) is 0 Å². The molecule has 4 heteroatoms. The number of rotatable bonds is 5. The minimum Gasteiger partial charge on any atom is -0.332 e. The fourth-order valence-electron chi connectivity index (χ4n) is 2.42.